The van der Waals surface area contributed by atoms with Gasteiger partial charge in [0.1, 0.15) is 5.82 Å². The molecule has 1 aliphatic carbocycles. The van der Waals surface area contributed by atoms with E-state index in [1.54, 1.807) is 0 Å². The molecule has 1 aromatic rings. The van der Waals surface area contributed by atoms with E-state index in [9.17, 15) is 36.2 Å². The zero-order chi connectivity index (χ0) is 29.5. The predicted octanol–water partition coefficient (Wildman–Crippen LogP) is 3.69. The van der Waals surface area contributed by atoms with Crippen molar-refractivity contribution in [3.05, 3.63) is 46.9 Å². The Labute approximate surface area is 227 Å². The molecule has 9 nitrogen and oxygen atoms in total. The van der Waals surface area contributed by atoms with Crippen LogP contribution in [0, 0.1) is 5.92 Å². The number of carboxylic acids is 1. The molecule has 40 heavy (non-hydrogen) atoms. The third kappa shape index (κ3) is 8.84. The minimum absolute atomic E-state index is 0.00409. The zero-order valence-electron chi connectivity index (χ0n) is 21.9. The molecule has 0 radical (unpaired) electrons. The van der Waals surface area contributed by atoms with Crippen LogP contribution in [-0.2, 0) is 22.3 Å². The molecule has 222 valence electrons. The van der Waals surface area contributed by atoms with Crippen molar-refractivity contribution in [2.45, 2.75) is 57.2 Å². The number of aliphatic carboxylic acids is 1. The van der Waals surface area contributed by atoms with Gasteiger partial charge in [-0.15, -0.1) is 0 Å². The van der Waals surface area contributed by atoms with Crippen LogP contribution in [-0.4, -0.2) is 73.2 Å². The molecule has 1 saturated carbocycles. The third-order valence-corrected chi connectivity index (χ3v) is 6.68. The number of hydrogen-bond donors (Lipinski definition) is 4. The molecule has 0 aromatic heterocycles. The van der Waals surface area contributed by atoms with E-state index in [1.165, 1.54) is 30.4 Å². The Balaban J connectivity index is 1.93. The van der Waals surface area contributed by atoms with E-state index in [2.05, 4.69) is 26.0 Å². The maximum absolute atomic E-state index is 13.3. The average Bonchev–Trinajstić information content (AvgIpc) is 2.85. The van der Waals surface area contributed by atoms with Gasteiger partial charge in [0.2, 0.25) is 5.84 Å². The van der Waals surface area contributed by atoms with E-state index < -0.39 is 42.4 Å². The van der Waals surface area contributed by atoms with Crippen molar-refractivity contribution in [2.75, 3.05) is 26.7 Å². The van der Waals surface area contributed by atoms with Crippen LogP contribution in [0.25, 0.3) is 0 Å². The first-order valence-electron chi connectivity index (χ1n) is 12.6. The lowest BCUT2D eigenvalue weighted by molar-refractivity contribution is -0.240. The fourth-order valence-electron chi connectivity index (χ4n) is 4.03. The number of allylic oxidation sites excluding steroid dienone is 1. The molecule has 1 aromatic carbocycles. The SMILES string of the molecule is CN=C(NC(NN1CCOC(C(F)(F)F)C1)=C(C=N[C@H](C)C1CCC1)NCc1ccc(C(F)(F)F)cc1)C(=O)O. The van der Waals surface area contributed by atoms with Gasteiger partial charge in [-0.1, -0.05) is 18.6 Å². The fourth-order valence-corrected chi connectivity index (χ4v) is 4.03. The highest BCUT2D eigenvalue weighted by Crippen LogP contribution is 2.31. The molecule has 1 unspecified atom stereocenters. The number of alkyl halides is 6. The van der Waals surface area contributed by atoms with Gasteiger partial charge >= 0.3 is 18.3 Å². The summed E-state index contributed by atoms with van der Waals surface area (Å²) in [5, 5.41) is 16.4. The Kier molecular flexibility index (Phi) is 10.4. The normalized spacial score (nSPS) is 21.0. The van der Waals surface area contributed by atoms with Gasteiger partial charge in [0.15, 0.2) is 6.10 Å². The minimum Gasteiger partial charge on any atom is -0.475 e. The number of aliphatic imine (C=N–C) groups is 2. The second-order valence-corrected chi connectivity index (χ2v) is 9.51. The number of nitrogens with one attached hydrogen (secondary N) is 3. The van der Waals surface area contributed by atoms with Gasteiger partial charge in [-0.05, 0) is 43.4 Å². The third-order valence-electron chi connectivity index (χ3n) is 6.68. The maximum atomic E-state index is 13.3. The van der Waals surface area contributed by atoms with Crippen LogP contribution in [0.4, 0.5) is 26.3 Å². The minimum atomic E-state index is -4.61. The van der Waals surface area contributed by atoms with Crippen molar-refractivity contribution in [3.8, 4) is 0 Å². The Morgan fingerprint density at radius 3 is 2.40 bits per heavy atom. The van der Waals surface area contributed by atoms with E-state index in [4.69, 9.17) is 4.74 Å². The van der Waals surface area contributed by atoms with Crippen LogP contribution in [0.2, 0.25) is 0 Å². The lowest BCUT2D eigenvalue weighted by Gasteiger charge is -2.35. The first kappa shape index (κ1) is 31.2. The fraction of sp³-hybridized carbons (Fsp3) is 0.560. The number of ether oxygens (including phenoxy) is 1. The molecule has 15 heteroatoms. The van der Waals surface area contributed by atoms with Crippen molar-refractivity contribution in [2.24, 2.45) is 15.9 Å². The highest BCUT2D eigenvalue weighted by atomic mass is 19.4. The van der Waals surface area contributed by atoms with Crippen molar-refractivity contribution in [3.63, 3.8) is 0 Å². The molecule has 1 aliphatic heterocycles. The van der Waals surface area contributed by atoms with Gasteiger partial charge in [0, 0.05) is 26.4 Å². The molecular formula is C25H32F6N6O3. The molecule has 0 spiro atoms. The molecule has 2 atom stereocenters. The van der Waals surface area contributed by atoms with Gasteiger partial charge in [-0.2, -0.15) is 26.3 Å². The van der Waals surface area contributed by atoms with E-state index >= 15 is 0 Å². The van der Waals surface area contributed by atoms with Crippen molar-refractivity contribution >= 4 is 18.0 Å². The molecule has 1 heterocycles. The van der Waals surface area contributed by atoms with Gasteiger partial charge in [0.05, 0.1) is 30.5 Å². The van der Waals surface area contributed by atoms with Gasteiger partial charge < -0.3 is 25.9 Å². The van der Waals surface area contributed by atoms with Gasteiger partial charge in [0.25, 0.3) is 0 Å². The number of carbonyl (C=O) groups is 1. The van der Waals surface area contributed by atoms with Crippen LogP contribution in [0.15, 0.2) is 45.8 Å². The summed E-state index contributed by atoms with van der Waals surface area (Å²) in [4.78, 5) is 19.9. The number of amidine groups is 1. The quantitative estimate of drug-likeness (QED) is 0.201. The van der Waals surface area contributed by atoms with E-state index in [-0.39, 0.29) is 37.3 Å². The number of hydrazine groups is 1. The molecule has 2 fully saturated rings. The Bertz CT molecular complexity index is 1100. The van der Waals surface area contributed by atoms with Crippen molar-refractivity contribution in [1.82, 2.24) is 21.1 Å². The lowest BCUT2D eigenvalue weighted by Crippen LogP contribution is -2.56. The van der Waals surface area contributed by atoms with Crippen LogP contribution in [0.1, 0.15) is 37.3 Å². The van der Waals surface area contributed by atoms with Gasteiger partial charge in [-0.25, -0.2) is 9.80 Å². The smallest absolute Gasteiger partial charge is 0.416 e. The summed E-state index contributed by atoms with van der Waals surface area (Å²) < 4.78 is 83.6. The van der Waals surface area contributed by atoms with E-state index in [0.29, 0.717) is 11.5 Å². The summed E-state index contributed by atoms with van der Waals surface area (Å²) in [6.45, 7) is 1.15. The van der Waals surface area contributed by atoms with Crippen LogP contribution < -0.4 is 16.1 Å². The monoisotopic (exact) mass is 578 g/mol. The average molecular weight is 579 g/mol. The number of benzene rings is 1. The number of nitrogens with zero attached hydrogens (tertiary/aromatic N) is 3. The Hall–Kier alpha value is -3.33. The van der Waals surface area contributed by atoms with Crippen molar-refractivity contribution < 1.29 is 41.0 Å². The summed E-state index contributed by atoms with van der Waals surface area (Å²) in [5.74, 6) is -1.62. The summed E-state index contributed by atoms with van der Waals surface area (Å²) in [5.41, 5.74) is 2.62. The Morgan fingerprint density at radius 2 is 1.88 bits per heavy atom. The molecule has 3 rings (SSSR count). The molecule has 2 aliphatic rings. The van der Waals surface area contributed by atoms with Crippen LogP contribution >= 0.6 is 0 Å². The number of rotatable bonds is 9. The highest BCUT2D eigenvalue weighted by Gasteiger charge is 2.43. The lowest BCUT2D eigenvalue weighted by atomic mass is 9.81. The first-order chi connectivity index (χ1) is 18.8. The molecule has 0 bridgehead atoms. The summed E-state index contributed by atoms with van der Waals surface area (Å²) in [6, 6.07) is 4.35. The predicted molar refractivity (Wildman–Crippen MR) is 135 cm³/mol. The molecule has 4 N–H and O–H groups in total. The molecule has 1 saturated heterocycles. The largest absolute Gasteiger partial charge is 0.475 e. The summed E-state index contributed by atoms with van der Waals surface area (Å²) in [7, 11) is 1.23. The maximum Gasteiger partial charge on any atom is 0.416 e. The molecular weight excluding hydrogens is 546 g/mol. The number of carboxylic acid groups (broad SMARTS) is 1. The number of morpholine rings is 1. The standard InChI is InChI=1S/C25H32F6N6O3/c1-15(17-4-3-5-17)33-13-19(34-12-16-6-8-18(9-7-16)24(26,27)28)21(35-22(32-2)23(38)39)36-37-10-11-40-20(14-37)25(29,30)31/h6-9,13,15,17,20,34,36H,3-5,10-12,14H2,1-2H3,(H,32,35)(H,38,39)/t15-,20?/m1/s1. The summed E-state index contributed by atoms with van der Waals surface area (Å²) >= 11 is 0. The first-order valence-corrected chi connectivity index (χ1v) is 12.6. The number of halogens is 6. The van der Waals surface area contributed by atoms with Crippen LogP contribution in [0.5, 0.6) is 0 Å². The van der Waals surface area contributed by atoms with E-state index in [1.807, 2.05) is 6.92 Å². The number of hydrogen-bond acceptors (Lipinski definition) is 7. The summed E-state index contributed by atoms with van der Waals surface area (Å²) in [6.07, 6.45) is -6.67. The van der Waals surface area contributed by atoms with Crippen LogP contribution in [0.3, 0.4) is 0 Å². The second kappa shape index (κ2) is 13.4. The highest BCUT2D eigenvalue weighted by molar-refractivity contribution is 6.34. The van der Waals surface area contributed by atoms with Crippen molar-refractivity contribution in [1.29, 1.82) is 0 Å². The topological polar surface area (TPSA) is 111 Å². The Morgan fingerprint density at radius 1 is 1.20 bits per heavy atom. The second-order valence-electron chi connectivity index (χ2n) is 9.51. The van der Waals surface area contributed by atoms with E-state index in [0.717, 1.165) is 31.4 Å². The zero-order valence-corrected chi connectivity index (χ0v) is 21.9. The molecule has 0 amide bonds. The van der Waals surface area contributed by atoms with Gasteiger partial charge in [-0.3, -0.25) is 9.98 Å².